The van der Waals surface area contributed by atoms with Gasteiger partial charge in [-0.3, -0.25) is 9.59 Å². The van der Waals surface area contributed by atoms with Crippen LogP contribution in [0, 0.1) is 6.92 Å². The summed E-state index contributed by atoms with van der Waals surface area (Å²) >= 11 is 0. The number of nitrogens with zero attached hydrogens (tertiary/aromatic N) is 6. The lowest BCUT2D eigenvalue weighted by atomic mass is 9.90. The highest BCUT2D eigenvalue weighted by Gasteiger charge is 2.38. The van der Waals surface area contributed by atoms with Gasteiger partial charge in [-0.15, -0.1) is 0 Å². The number of fused-ring (bicyclic) bond motifs is 2. The molecular weight excluding hydrogens is 384 g/mol. The van der Waals surface area contributed by atoms with Crippen molar-refractivity contribution in [1.29, 1.82) is 0 Å². The van der Waals surface area contributed by atoms with Crippen molar-refractivity contribution >= 4 is 34.5 Å². The molecule has 0 fully saturated rings. The number of hydrogen-bond donors (Lipinski definition) is 2. The van der Waals surface area contributed by atoms with Crippen molar-refractivity contribution in [3.8, 4) is 5.82 Å². The minimum absolute atomic E-state index is 0.0543. The molecule has 150 valence electrons. The van der Waals surface area contributed by atoms with Crippen LogP contribution in [-0.4, -0.2) is 48.6 Å². The molecule has 3 aromatic heterocycles. The molecule has 0 radical (unpaired) electrons. The van der Waals surface area contributed by atoms with Crippen LogP contribution in [0.15, 0.2) is 43.0 Å². The lowest BCUT2D eigenvalue weighted by Gasteiger charge is -2.27. The fraction of sp³-hybridized carbons (Fsp3) is 0.200. The van der Waals surface area contributed by atoms with Gasteiger partial charge in [-0.25, -0.2) is 15.0 Å². The molecule has 30 heavy (non-hydrogen) atoms. The molecule has 2 amide bonds. The molecule has 1 atom stereocenters. The van der Waals surface area contributed by atoms with Crippen LogP contribution in [0.4, 0.5) is 11.5 Å². The van der Waals surface area contributed by atoms with Crippen molar-refractivity contribution in [2.45, 2.75) is 19.3 Å². The Morgan fingerprint density at radius 3 is 2.80 bits per heavy atom. The molecule has 10 heteroatoms. The van der Waals surface area contributed by atoms with Gasteiger partial charge in [0.15, 0.2) is 11.5 Å². The Bertz CT molecular complexity index is 1280. The lowest BCUT2D eigenvalue weighted by molar-refractivity contribution is -0.124. The standard InChI is InChI=1S/C20H18N8O2/c1-11-15-13(20(30)27(2)12-6-4-3-5-7-12)8-14(29)25-18(15)28(26-11)19-16-17(22-9-21-16)23-10-24-19/h3-7,9-10,13H,8H2,1-2H3,(H,25,29)(H,21,22,23,24). The summed E-state index contributed by atoms with van der Waals surface area (Å²) in [5.74, 6) is -0.177. The number of anilines is 2. The van der Waals surface area contributed by atoms with Crippen molar-refractivity contribution in [2.75, 3.05) is 17.3 Å². The zero-order valence-electron chi connectivity index (χ0n) is 16.3. The number of benzene rings is 1. The number of likely N-dealkylation sites (N-methyl/N-ethyl adjacent to an activating group) is 1. The van der Waals surface area contributed by atoms with Crippen LogP contribution < -0.4 is 10.2 Å². The molecule has 2 N–H and O–H groups in total. The van der Waals surface area contributed by atoms with Crippen LogP contribution in [0.1, 0.15) is 23.6 Å². The number of rotatable bonds is 3. The number of aromatic nitrogens is 6. The predicted molar refractivity (Wildman–Crippen MR) is 109 cm³/mol. The quantitative estimate of drug-likeness (QED) is 0.540. The molecule has 4 heterocycles. The summed E-state index contributed by atoms with van der Waals surface area (Å²) in [6, 6.07) is 9.33. The third kappa shape index (κ3) is 2.72. The number of carbonyl (C=O) groups excluding carboxylic acids is 2. The van der Waals surface area contributed by atoms with Gasteiger partial charge >= 0.3 is 0 Å². The minimum atomic E-state index is -0.646. The van der Waals surface area contributed by atoms with E-state index in [1.165, 1.54) is 17.3 Å². The first-order valence-corrected chi connectivity index (χ1v) is 9.41. The molecule has 5 rings (SSSR count). The summed E-state index contributed by atoms with van der Waals surface area (Å²) in [7, 11) is 1.71. The largest absolute Gasteiger partial charge is 0.340 e. The van der Waals surface area contributed by atoms with E-state index in [0.29, 0.717) is 34.1 Å². The topological polar surface area (TPSA) is 122 Å². The maximum atomic E-state index is 13.3. The second-order valence-electron chi connectivity index (χ2n) is 7.10. The van der Waals surface area contributed by atoms with E-state index in [1.807, 2.05) is 37.3 Å². The molecule has 0 spiro atoms. The zero-order valence-corrected chi connectivity index (χ0v) is 16.3. The van der Waals surface area contributed by atoms with E-state index in [-0.39, 0.29) is 18.2 Å². The molecule has 1 aromatic carbocycles. The van der Waals surface area contributed by atoms with Crippen LogP contribution in [0.5, 0.6) is 0 Å². The molecule has 0 saturated carbocycles. The van der Waals surface area contributed by atoms with E-state index in [0.717, 1.165) is 5.69 Å². The average molecular weight is 402 g/mol. The van der Waals surface area contributed by atoms with Crippen molar-refractivity contribution in [1.82, 2.24) is 29.7 Å². The first-order valence-electron chi connectivity index (χ1n) is 9.41. The van der Waals surface area contributed by atoms with Gasteiger partial charge in [0.2, 0.25) is 11.8 Å². The molecule has 10 nitrogen and oxygen atoms in total. The van der Waals surface area contributed by atoms with Gasteiger partial charge in [0.1, 0.15) is 17.7 Å². The Balaban J connectivity index is 1.62. The molecule has 1 aliphatic rings. The first-order chi connectivity index (χ1) is 14.5. The minimum Gasteiger partial charge on any atom is -0.340 e. The smallest absolute Gasteiger partial charge is 0.235 e. The van der Waals surface area contributed by atoms with Crippen LogP contribution in [-0.2, 0) is 9.59 Å². The second-order valence-corrected chi connectivity index (χ2v) is 7.10. The normalized spacial score (nSPS) is 15.7. The van der Waals surface area contributed by atoms with Gasteiger partial charge in [-0.05, 0) is 19.1 Å². The number of imidazole rings is 1. The third-order valence-corrected chi connectivity index (χ3v) is 5.28. The average Bonchev–Trinajstić information content (AvgIpc) is 3.37. The highest BCUT2D eigenvalue weighted by molar-refractivity contribution is 6.06. The Morgan fingerprint density at radius 2 is 2.00 bits per heavy atom. The van der Waals surface area contributed by atoms with E-state index in [1.54, 1.807) is 11.9 Å². The Morgan fingerprint density at radius 1 is 1.20 bits per heavy atom. The summed E-state index contributed by atoms with van der Waals surface area (Å²) < 4.78 is 1.53. The van der Waals surface area contributed by atoms with Gasteiger partial charge in [-0.2, -0.15) is 9.78 Å². The van der Waals surface area contributed by atoms with Crippen LogP contribution >= 0.6 is 0 Å². The Hall–Kier alpha value is -4.08. The number of amides is 2. The molecule has 0 aliphatic carbocycles. The van der Waals surface area contributed by atoms with E-state index >= 15 is 0 Å². The van der Waals surface area contributed by atoms with Crippen LogP contribution in [0.3, 0.4) is 0 Å². The number of H-pyrrole nitrogens is 1. The first kappa shape index (κ1) is 18.0. The fourth-order valence-corrected chi connectivity index (χ4v) is 3.84. The van der Waals surface area contributed by atoms with E-state index in [2.05, 4.69) is 30.4 Å². The number of hydrogen-bond acceptors (Lipinski definition) is 6. The van der Waals surface area contributed by atoms with E-state index in [4.69, 9.17) is 0 Å². The summed E-state index contributed by atoms with van der Waals surface area (Å²) in [6.07, 6.45) is 2.96. The van der Waals surface area contributed by atoms with E-state index in [9.17, 15) is 9.59 Å². The fourth-order valence-electron chi connectivity index (χ4n) is 3.84. The SMILES string of the molecule is Cc1nn(-c2ncnc3nc[nH]c23)c2c1C(C(=O)N(C)c1ccccc1)CC(=O)N2. The van der Waals surface area contributed by atoms with Crippen molar-refractivity contribution < 1.29 is 9.59 Å². The number of para-hydroxylation sites is 1. The third-order valence-electron chi connectivity index (χ3n) is 5.28. The van der Waals surface area contributed by atoms with Gasteiger partial charge in [-0.1, -0.05) is 18.2 Å². The van der Waals surface area contributed by atoms with Crippen LogP contribution in [0.25, 0.3) is 17.0 Å². The van der Waals surface area contributed by atoms with E-state index < -0.39 is 5.92 Å². The Labute approximate surface area is 171 Å². The summed E-state index contributed by atoms with van der Waals surface area (Å²) in [5, 5.41) is 7.45. The number of aryl methyl sites for hydroxylation is 1. The molecule has 1 unspecified atom stereocenters. The van der Waals surface area contributed by atoms with Crippen molar-refractivity contribution in [2.24, 2.45) is 0 Å². The molecular formula is C20H18N8O2. The van der Waals surface area contributed by atoms with Crippen LogP contribution in [0.2, 0.25) is 0 Å². The van der Waals surface area contributed by atoms with Gasteiger partial charge in [0, 0.05) is 24.7 Å². The van der Waals surface area contributed by atoms with Gasteiger partial charge < -0.3 is 15.2 Å². The second kappa shape index (κ2) is 6.76. The monoisotopic (exact) mass is 402 g/mol. The predicted octanol–water partition coefficient (Wildman–Crippen LogP) is 1.94. The molecule has 0 bridgehead atoms. The number of aromatic amines is 1. The molecule has 1 aliphatic heterocycles. The Kier molecular flexibility index (Phi) is 4.05. The number of carbonyl (C=O) groups is 2. The zero-order chi connectivity index (χ0) is 20.8. The molecule has 4 aromatic rings. The highest BCUT2D eigenvalue weighted by Crippen LogP contribution is 2.38. The highest BCUT2D eigenvalue weighted by atomic mass is 16.2. The maximum absolute atomic E-state index is 13.3. The van der Waals surface area contributed by atoms with Gasteiger partial charge in [0.25, 0.3) is 0 Å². The molecule has 0 saturated heterocycles. The summed E-state index contributed by atoms with van der Waals surface area (Å²) in [4.78, 5) is 43.0. The maximum Gasteiger partial charge on any atom is 0.235 e. The number of nitrogens with one attached hydrogen (secondary N) is 2. The van der Waals surface area contributed by atoms with Crippen molar-refractivity contribution in [3.63, 3.8) is 0 Å². The lowest BCUT2D eigenvalue weighted by Crippen LogP contribution is -2.36. The van der Waals surface area contributed by atoms with Crippen molar-refractivity contribution in [3.05, 3.63) is 54.2 Å². The summed E-state index contributed by atoms with van der Waals surface area (Å²) in [5.41, 5.74) is 3.17. The summed E-state index contributed by atoms with van der Waals surface area (Å²) in [6.45, 7) is 1.82. The van der Waals surface area contributed by atoms with Gasteiger partial charge in [0.05, 0.1) is 17.9 Å².